The first-order valence-corrected chi connectivity index (χ1v) is 8.38. The van der Waals surface area contributed by atoms with Gasteiger partial charge in [0.25, 0.3) is 0 Å². The Balaban J connectivity index is 1.60. The molecule has 2 atom stereocenters. The van der Waals surface area contributed by atoms with Crippen LogP contribution in [0.25, 0.3) is 5.65 Å². The molecule has 0 aliphatic carbocycles. The second-order valence-corrected chi connectivity index (χ2v) is 6.61. The van der Waals surface area contributed by atoms with E-state index in [0.717, 1.165) is 24.5 Å². The molecule has 1 saturated heterocycles. The third-order valence-corrected chi connectivity index (χ3v) is 4.87. The number of ether oxygens (including phenoxy) is 1. The summed E-state index contributed by atoms with van der Waals surface area (Å²) in [4.78, 5) is 11.1. The lowest BCUT2D eigenvalue weighted by Crippen LogP contribution is -2.24. The number of hydrogen-bond donors (Lipinski definition) is 0. The number of likely N-dealkylation sites (tertiary alicyclic amines) is 1. The Labute approximate surface area is 141 Å². The summed E-state index contributed by atoms with van der Waals surface area (Å²) in [7, 11) is 1.71. The lowest BCUT2D eigenvalue weighted by molar-refractivity contribution is 0.242. The molecule has 5 heteroatoms. The van der Waals surface area contributed by atoms with Gasteiger partial charge in [-0.3, -0.25) is 14.3 Å². The fourth-order valence-corrected chi connectivity index (χ4v) is 3.70. The maximum Gasteiger partial charge on any atom is 0.155 e. The van der Waals surface area contributed by atoms with E-state index in [1.54, 1.807) is 13.3 Å². The van der Waals surface area contributed by atoms with Gasteiger partial charge in [-0.25, -0.2) is 4.98 Å². The summed E-state index contributed by atoms with van der Waals surface area (Å²) >= 11 is 0. The Morgan fingerprint density at radius 2 is 2.04 bits per heavy atom. The maximum atomic E-state index is 5.28. The minimum absolute atomic E-state index is 0.443. The zero-order valence-electron chi connectivity index (χ0n) is 14.1. The summed E-state index contributed by atoms with van der Waals surface area (Å²) in [5.74, 6) is 1.60. The van der Waals surface area contributed by atoms with E-state index >= 15 is 0 Å². The minimum Gasteiger partial charge on any atom is -0.497 e. The van der Waals surface area contributed by atoms with Crippen molar-refractivity contribution < 1.29 is 4.74 Å². The molecule has 1 aliphatic rings. The topological polar surface area (TPSA) is 42.7 Å². The number of fused-ring (bicyclic) bond motifs is 1. The van der Waals surface area contributed by atoms with Crippen LogP contribution in [0.2, 0.25) is 0 Å². The summed E-state index contributed by atoms with van der Waals surface area (Å²) in [5, 5.41) is 0. The van der Waals surface area contributed by atoms with Gasteiger partial charge in [-0.1, -0.05) is 19.1 Å². The molecule has 3 aromatic rings. The van der Waals surface area contributed by atoms with Gasteiger partial charge in [-0.05, 0) is 30.0 Å². The van der Waals surface area contributed by atoms with Crippen LogP contribution in [0.5, 0.6) is 5.75 Å². The lowest BCUT2D eigenvalue weighted by Gasteiger charge is -2.24. The largest absolute Gasteiger partial charge is 0.497 e. The molecule has 4 rings (SSSR count). The van der Waals surface area contributed by atoms with Crippen molar-refractivity contribution in [1.29, 1.82) is 0 Å². The van der Waals surface area contributed by atoms with Crippen LogP contribution in [0.15, 0.2) is 49.1 Å². The molecular formula is C19H22N4O. The Hall–Kier alpha value is -2.40. The van der Waals surface area contributed by atoms with Crippen LogP contribution >= 0.6 is 0 Å². The quantitative estimate of drug-likeness (QED) is 0.739. The van der Waals surface area contributed by atoms with Crippen molar-refractivity contribution in [3.8, 4) is 5.75 Å². The fourth-order valence-electron chi connectivity index (χ4n) is 3.70. The van der Waals surface area contributed by atoms with E-state index in [9.17, 15) is 0 Å². The van der Waals surface area contributed by atoms with Crippen LogP contribution in [0.3, 0.4) is 0 Å². The number of aromatic nitrogens is 3. The van der Waals surface area contributed by atoms with Crippen LogP contribution in [-0.4, -0.2) is 32.9 Å². The number of rotatable bonds is 4. The predicted molar refractivity (Wildman–Crippen MR) is 92.9 cm³/mol. The Morgan fingerprint density at radius 1 is 1.21 bits per heavy atom. The highest BCUT2D eigenvalue weighted by Gasteiger charge is 2.31. The van der Waals surface area contributed by atoms with Crippen molar-refractivity contribution in [2.24, 2.45) is 5.92 Å². The monoisotopic (exact) mass is 322 g/mol. The molecule has 1 aromatic carbocycles. The third kappa shape index (κ3) is 2.76. The number of benzene rings is 1. The number of methoxy groups -OCH3 is 1. The Kier molecular flexibility index (Phi) is 3.94. The first-order chi connectivity index (χ1) is 11.7. The summed E-state index contributed by atoms with van der Waals surface area (Å²) in [5.41, 5.74) is 3.47. The zero-order chi connectivity index (χ0) is 16.5. The average molecular weight is 322 g/mol. The molecule has 0 N–H and O–H groups in total. The highest BCUT2D eigenvalue weighted by molar-refractivity contribution is 5.37. The molecule has 0 bridgehead atoms. The zero-order valence-corrected chi connectivity index (χ0v) is 14.1. The summed E-state index contributed by atoms with van der Waals surface area (Å²) in [6.07, 6.45) is 8.75. The average Bonchev–Trinajstić information content (AvgIpc) is 3.19. The van der Waals surface area contributed by atoms with Crippen molar-refractivity contribution in [2.45, 2.75) is 25.9 Å². The summed E-state index contributed by atoms with van der Waals surface area (Å²) in [6.45, 7) is 4.33. The van der Waals surface area contributed by atoms with E-state index in [-0.39, 0.29) is 0 Å². The van der Waals surface area contributed by atoms with Crippen LogP contribution in [0.4, 0.5) is 0 Å². The molecule has 1 aliphatic heterocycles. The van der Waals surface area contributed by atoms with Crippen LogP contribution in [0.1, 0.15) is 30.6 Å². The maximum absolute atomic E-state index is 5.28. The molecular weight excluding hydrogens is 300 g/mol. The summed E-state index contributed by atoms with van der Waals surface area (Å²) in [6, 6.07) is 8.92. The predicted octanol–water partition coefficient (Wildman–Crippen LogP) is 3.32. The van der Waals surface area contributed by atoms with E-state index < -0.39 is 0 Å². The van der Waals surface area contributed by atoms with Gasteiger partial charge in [0, 0.05) is 31.5 Å². The number of imidazole rings is 1. The van der Waals surface area contributed by atoms with Crippen molar-refractivity contribution >= 4 is 5.65 Å². The van der Waals surface area contributed by atoms with Crippen LogP contribution in [-0.2, 0) is 6.54 Å². The highest BCUT2D eigenvalue weighted by Crippen LogP contribution is 2.36. The minimum atomic E-state index is 0.443. The summed E-state index contributed by atoms with van der Waals surface area (Å²) < 4.78 is 7.41. The van der Waals surface area contributed by atoms with E-state index in [1.807, 2.05) is 18.6 Å². The molecule has 2 aromatic heterocycles. The van der Waals surface area contributed by atoms with E-state index in [2.05, 4.69) is 50.5 Å². The van der Waals surface area contributed by atoms with Crippen LogP contribution in [0, 0.1) is 5.92 Å². The van der Waals surface area contributed by atoms with Gasteiger partial charge in [0.15, 0.2) is 5.65 Å². The van der Waals surface area contributed by atoms with Gasteiger partial charge in [0.05, 0.1) is 25.2 Å². The van der Waals surface area contributed by atoms with E-state index in [0.29, 0.717) is 12.0 Å². The lowest BCUT2D eigenvalue weighted by atomic mass is 10.0. The Bertz CT molecular complexity index is 827. The number of hydrogen-bond acceptors (Lipinski definition) is 4. The van der Waals surface area contributed by atoms with Crippen molar-refractivity contribution in [2.75, 3.05) is 13.7 Å². The molecule has 0 amide bonds. The van der Waals surface area contributed by atoms with E-state index in [4.69, 9.17) is 4.74 Å². The first-order valence-electron chi connectivity index (χ1n) is 8.38. The van der Waals surface area contributed by atoms with Crippen molar-refractivity contribution in [3.05, 3.63) is 60.3 Å². The molecule has 124 valence electrons. The van der Waals surface area contributed by atoms with Gasteiger partial charge in [-0.15, -0.1) is 0 Å². The van der Waals surface area contributed by atoms with Crippen LogP contribution < -0.4 is 4.74 Å². The molecule has 3 heterocycles. The number of nitrogens with zero attached hydrogens (tertiary/aromatic N) is 4. The smallest absolute Gasteiger partial charge is 0.155 e. The molecule has 5 nitrogen and oxygen atoms in total. The third-order valence-electron chi connectivity index (χ3n) is 4.87. The standard InChI is InChI=1S/C19H22N4O/c1-14-9-18(15-3-5-17(24-2)6-4-15)22(12-14)13-16-10-21-19-11-20-7-8-23(16)19/h3-8,10-11,14,18H,9,12-13H2,1-2H3/t14-,18-/m1/s1. The molecule has 0 unspecified atom stereocenters. The second kappa shape index (κ2) is 6.24. The SMILES string of the molecule is COc1ccc([C@H]2C[C@@H](C)CN2Cc2cnc3cnccn23)cc1. The molecule has 24 heavy (non-hydrogen) atoms. The Morgan fingerprint density at radius 3 is 2.83 bits per heavy atom. The van der Waals surface area contributed by atoms with Crippen molar-refractivity contribution in [1.82, 2.24) is 19.3 Å². The van der Waals surface area contributed by atoms with Gasteiger partial charge < -0.3 is 4.74 Å². The van der Waals surface area contributed by atoms with Gasteiger partial charge in [0.1, 0.15) is 5.75 Å². The molecule has 0 spiro atoms. The normalized spacial score (nSPS) is 21.4. The molecule has 1 fully saturated rings. The van der Waals surface area contributed by atoms with Gasteiger partial charge in [-0.2, -0.15) is 0 Å². The molecule has 0 radical (unpaired) electrons. The second-order valence-electron chi connectivity index (χ2n) is 6.61. The van der Waals surface area contributed by atoms with Gasteiger partial charge in [0.2, 0.25) is 0 Å². The van der Waals surface area contributed by atoms with E-state index in [1.165, 1.54) is 17.7 Å². The molecule has 0 saturated carbocycles. The fraction of sp³-hybridized carbons (Fsp3) is 0.368. The first kappa shape index (κ1) is 15.1. The highest BCUT2D eigenvalue weighted by atomic mass is 16.5. The van der Waals surface area contributed by atoms with Crippen molar-refractivity contribution in [3.63, 3.8) is 0 Å². The van der Waals surface area contributed by atoms with Gasteiger partial charge >= 0.3 is 0 Å².